The lowest BCUT2D eigenvalue weighted by Gasteiger charge is -2.38. The summed E-state index contributed by atoms with van der Waals surface area (Å²) in [5, 5.41) is 0. The Hall–Kier alpha value is -0.530. The van der Waals surface area contributed by atoms with E-state index in [2.05, 4.69) is 13.8 Å². The molecule has 1 amide bonds. The van der Waals surface area contributed by atoms with Gasteiger partial charge in [0, 0.05) is 19.0 Å². The zero-order chi connectivity index (χ0) is 8.43. The molecule has 1 heterocycles. The van der Waals surface area contributed by atoms with Crippen LogP contribution >= 0.6 is 0 Å². The molecule has 0 saturated carbocycles. The first-order chi connectivity index (χ1) is 5.13. The number of nitrogens with zero attached hydrogens (tertiary/aromatic N) is 1. The Morgan fingerprint density at radius 1 is 1.27 bits per heavy atom. The number of piperidine rings is 1. The van der Waals surface area contributed by atoms with Gasteiger partial charge < -0.3 is 4.90 Å². The average Bonchev–Trinajstić information content (AvgIpc) is 1.85. The van der Waals surface area contributed by atoms with E-state index in [0.717, 1.165) is 0 Å². The Morgan fingerprint density at radius 2 is 1.73 bits per heavy atom. The van der Waals surface area contributed by atoms with Crippen LogP contribution in [0.1, 0.15) is 40.0 Å². The number of hydrogen-bond donors (Lipinski definition) is 0. The predicted molar refractivity (Wildman–Crippen MR) is 45.3 cm³/mol. The summed E-state index contributed by atoms with van der Waals surface area (Å²) in [6.45, 7) is 5.94. The van der Waals surface area contributed by atoms with Crippen molar-refractivity contribution < 1.29 is 4.79 Å². The zero-order valence-corrected chi connectivity index (χ0v) is 7.63. The van der Waals surface area contributed by atoms with E-state index in [1.165, 1.54) is 19.3 Å². The zero-order valence-electron chi connectivity index (χ0n) is 7.63. The summed E-state index contributed by atoms with van der Waals surface area (Å²) in [7, 11) is 0. The van der Waals surface area contributed by atoms with E-state index in [9.17, 15) is 4.79 Å². The Morgan fingerprint density at radius 3 is 2.00 bits per heavy atom. The topological polar surface area (TPSA) is 20.3 Å². The molecule has 11 heavy (non-hydrogen) atoms. The molecule has 0 aromatic rings. The highest BCUT2D eigenvalue weighted by Gasteiger charge is 2.25. The molecule has 0 radical (unpaired) electrons. The summed E-state index contributed by atoms with van der Waals surface area (Å²) in [5.41, 5.74) is 0. The molecule has 2 atom stereocenters. The second-order valence-corrected chi connectivity index (χ2v) is 3.56. The number of hydrogen-bond acceptors (Lipinski definition) is 1. The largest absolute Gasteiger partial charge is 0.338 e. The Bertz CT molecular complexity index is 146. The van der Waals surface area contributed by atoms with Gasteiger partial charge in [-0.15, -0.1) is 0 Å². The minimum Gasteiger partial charge on any atom is -0.338 e. The van der Waals surface area contributed by atoms with Crippen LogP contribution in [0, 0.1) is 0 Å². The summed E-state index contributed by atoms with van der Waals surface area (Å²) < 4.78 is 0. The number of rotatable bonds is 0. The van der Waals surface area contributed by atoms with Gasteiger partial charge in [-0.25, -0.2) is 0 Å². The molecule has 0 aliphatic carbocycles. The predicted octanol–water partition coefficient (Wildman–Crippen LogP) is 1.80. The minimum atomic E-state index is 0.227. The Balaban J connectivity index is 2.62. The molecule has 0 spiro atoms. The fourth-order valence-corrected chi connectivity index (χ4v) is 2.04. The molecular formula is C9H17NO. The number of likely N-dealkylation sites (tertiary alicyclic amines) is 1. The molecule has 1 rings (SSSR count). The van der Waals surface area contributed by atoms with Crippen LogP contribution in [-0.4, -0.2) is 22.9 Å². The monoisotopic (exact) mass is 155 g/mol. The van der Waals surface area contributed by atoms with Crippen molar-refractivity contribution in [1.82, 2.24) is 4.90 Å². The molecule has 64 valence electrons. The maximum absolute atomic E-state index is 11.1. The van der Waals surface area contributed by atoms with Crippen LogP contribution in [0.2, 0.25) is 0 Å². The number of carbonyl (C=O) groups excluding carboxylic acids is 1. The molecule has 0 bridgehead atoms. The molecule has 1 aliphatic heterocycles. The van der Waals surface area contributed by atoms with Crippen LogP contribution in [0.5, 0.6) is 0 Å². The van der Waals surface area contributed by atoms with Crippen LogP contribution in [-0.2, 0) is 4.79 Å². The van der Waals surface area contributed by atoms with Gasteiger partial charge in [0.15, 0.2) is 0 Å². The summed E-state index contributed by atoms with van der Waals surface area (Å²) in [6.07, 6.45) is 3.61. The fourth-order valence-electron chi connectivity index (χ4n) is 2.04. The first-order valence-electron chi connectivity index (χ1n) is 4.42. The highest BCUT2D eigenvalue weighted by Crippen LogP contribution is 2.21. The standard InChI is InChI=1S/C9H17NO/c1-7-5-4-6-8(2)10(7)9(3)11/h7-8H,4-6H2,1-3H3/t7-,8+. The van der Waals surface area contributed by atoms with Crippen LogP contribution in [0.3, 0.4) is 0 Å². The fraction of sp³-hybridized carbons (Fsp3) is 0.889. The lowest BCUT2D eigenvalue weighted by atomic mass is 9.98. The van der Waals surface area contributed by atoms with Crippen molar-refractivity contribution in [3.63, 3.8) is 0 Å². The number of carbonyl (C=O) groups is 1. The third-order valence-electron chi connectivity index (χ3n) is 2.56. The first kappa shape index (κ1) is 8.57. The molecule has 0 aromatic carbocycles. The van der Waals surface area contributed by atoms with Crippen molar-refractivity contribution in [2.45, 2.75) is 52.1 Å². The van der Waals surface area contributed by atoms with E-state index in [1.807, 2.05) is 4.90 Å². The first-order valence-corrected chi connectivity index (χ1v) is 4.42. The van der Waals surface area contributed by atoms with E-state index < -0.39 is 0 Å². The van der Waals surface area contributed by atoms with Crippen molar-refractivity contribution in [3.05, 3.63) is 0 Å². The van der Waals surface area contributed by atoms with Crippen molar-refractivity contribution in [1.29, 1.82) is 0 Å². The maximum Gasteiger partial charge on any atom is 0.219 e. The van der Waals surface area contributed by atoms with Gasteiger partial charge in [-0.3, -0.25) is 4.79 Å². The van der Waals surface area contributed by atoms with E-state index in [0.29, 0.717) is 12.1 Å². The van der Waals surface area contributed by atoms with Crippen LogP contribution < -0.4 is 0 Å². The SMILES string of the molecule is CC(=O)N1[C@H](C)CCC[C@@H]1C. The van der Waals surface area contributed by atoms with Gasteiger partial charge in [0.05, 0.1) is 0 Å². The summed E-state index contributed by atoms with van der Waals surface area (Å²) in [4.78, 5) is 13.1. The van der Waals surface area contributed by atoms with Crippen molar-refractivity contribution in [3.8, 4) is 0 Å². The van der Waals surface area contributed by atoms with Gasteiger partial charge in [0.25, 0.3) is 0 Å². The third kappa shape index (κ3) is 1.73. The maximum atomic E-state index is 11.1. The highest BCUT2D eigenvalue weighted by atomic mass is 16.2. The lowest BCUT2D eigenvalue weighted by Crippen LogP contribution is -2.46. The second kappa shape index (κ2) is 3.24. The van der Waals surface area contributed by atoms with Crippen molar-refractivity contribution in [2.24, 2.45) is 0 Å². The summed E-state index contributed by atoms with van der Waals surface area (Å²) >= 11 is 0. The van der Waals surface area contributed by atoms with Gasteiger partial charge in [0.1, 0.15) is 0 Å². The summed E-state index contributed by atoms with van der Waals surface area (Å²) in [5.74, 6) is 0.227. The highest BCUT2D eigenvalue weighted by molar-refractivity contribution is 5.74. The Labute approximate surface area is 68.6 Å². The lowest BCUT2D eigenvalue weighted by molar-refractivity contribution is -0.134. The third-order valence-corrected chi connectivity index (χ3v) is 2.56. The molecule has 0 N–H and O–H groups in total. The summed E-state index contributed by atoms with van der Waals surface area (Å²) in [6, 6.07) is 0.910. The van der Waals surface area contributed by atoms with Gasteiger partial charge in [-0.05, 0) is 33.1 Å². The van der Waals surface area contributed by atoms with Crippen LogP contribution in [0.4, 0.5) is 0 Å². The van der Waals surface area contributed by atoms with Gasteiger partial charge in [0.2, 0.25) is 5.91 Å². The second-order valence-electron chi connectivity index (χ2n) is 3.56. The van der Waals surface area contributed by atoms with E-state index >= 15 is 0 Å². The average molecular weight is 155 g/mol. The van der Waals surface area contributed by atoms with Crippen molar-refractivity contribution >= 4 is 5.91 Å². The van der Waals surface area contributed by atoms with E-state index in [-0.39, 0.29) is 5.91 Å². The quantitative estimate of drug-likeness (QED) is 0.522. The molecule has 0 unspecified atom stereocenters. The van der Waals surface area contributed by atoms with E-state index in [4.69, 9.17) is 0 Å². The van der Waals surface area contributed by atoms with Gasteiger partial charge in [-0.2, -0.15) is 0 Å². The molecule has 0 aromatic heterocycles. The van der Waals surface area contributed by atoms with Crippen LogP contribution in [0.15, 0.2) is 0 Å². The van der Waals surface area contributed by atoms with Gasteiger partial charge >= 0.3 is 0 Å². The smallest absolute Gasteiger partial charge is 0.219 e. The normalized spacial score (nSPS) is 32.1. The molecule has 1 fully saturated rings. The van der Waals surface area contributed by atoms with Gasteiger partial charge in [-0.1, -0.05) is 0 Å². The molecule has 1 aliphatic rings. The molecular weight excluding hydrogens is 138 g/mol. The van der Waals surface area contributed by atoms with Crippen LogP contribution in [0.25, 0.3) is 0 Å². The number of amides is 1. The Kier molecular flexibility index (Phi) is 2.53. The molecule has 1 saturated heterocycles. The minimum absolute atomic E-state index is 0.227. The molecule has 2 heteroatoms. The van der Waals surface area contributed by atoms with Crippen molar-refractivity contribution in [2.75, 3.05) is 0 Å². The molecule has 2 nitrogen and oxygen atoms in total. The van der Waals surface area contributed by atoms with E-state index in [1.54, 1.807) is 6.92 Å².